The number of hydrogen-bond donors (Lipinski definition) is 3. The molecule has 2 unspecified atom stereocenters. The van der Waals surface area contributed by atoms with Crippen LogP contribution in [0, 0.1) is 5.92 Å². The molecule has 2 fully saturated rings. The highest BCUT2D eigenvalue weighted by atomic mass is 32.2. The Hall–Kier alpha value is -3.76. The number of methoxy groups -OCH3 is 1. The fourth-order valence-electron chi connectivity index (χ4n) is 5.96. The lowest BCUT2D eigenvalue weighted by Gasteiger charge is -2.52. The molecule has 0 radical (unpaired) electrons. The Labute approximate surface area is 250 Å². The summed E-state index contributed by atoms with van der Waals surface area (Å²) in [5.74, 6) is -0.248. The van der Waals surface area contributed by atoms with Gasteiger partial charge in [-0.2, -0.15) is 0 Å². The van der Waals surface area contributed by atoms with Gasteiger partial charge in [-0.15, -0.1) is 11.8 Å². The summed E-state index contributed by atoms with van der Waals surface area (Å²) < 4.78 is 5.31. The summed E-state index contributed by atoms with van der Waals surface area (Å²) >= 11 is 1.48. The number of likely N-dealkylation sites (tertiary alicyclic amines) is 1. The average Bonchev–Trinajstić information content (AvgIpc) is 3.30. The van der Waals surface area contributed by atoms with Crippen molar-refractivity contribution in [3.05, 3.63) is 88.7 Å². The highest BCUT2D eigenvalue weighted by molar-refractivity contribution is 8.01. The van der Waals surface area contributed by atoms with Gasteiger partial charge in [0.1, 0.15) is 22.4 Å². The van der Waals surface area contributed by atoms with Crippen molar-refractivity contribution < 1.29 is 29.3 Å². The van der Waals surface area contributed by atoms with Gasteiger partial charge in [0.15, 0.2) is 6.10 Å². The van der Waals surface area contributed by atoms with Crippen LogP contribution in [0.1, 0.15) is 38.3 Å². The average molecular weight is 592 g/mol. The molecule has 10 heteroatoms. The van der Waals surface area contributed by atoms with E-state index >= 15 is 0 Å². The second-order valence-corrected chi connectivity index (χ2v) is 12.7. The lowest BCUT2D eigenvalue weighted by molar-refractivity contribution is -0.168. The second-order valence-electron chi connectivity index (χ2n) is 11.4. The molecule has 1 aliphatic carbocycles. The standard InChI is InChI=1S/C32H37N3O6S/c1-19-13-24(20(2)26(36)14-19)29(38)33-25(16-21-9-6-5-7-10-21)27(37)30(39)34-18-42-32(3)28(34)31(40)35(32)17-22-11-8-12-23(15-22)41-4/h5-12,14-15,19,25,27-28,36-37H,13,16-18H2,1-4H3,(H,33,38)/t19?,25-,27-,28+,32?/m0/s1. The first-order valence-corrected chi connectivity index (χ1v) is 15.0. The minimum atomic E-state index is -1.58. The van der Waals surface area contributed by atoms with E-state index in [1.54, 1.807) is 25.0 Å². The van der Waals surface area contributed by atoms with Crippen molar-refractivity contribution in [2.45, 2.75) is 63.2 Å². The van der Waals surface area contributed by atoms with E-state index < -0.39 is 34.9 Å². The predicted octanol–water partition coefficient (Wildman–Crippen LogP) is 3.54. The van der Waals surface area contributed by atoms with E-state index in [-0.39, 0.29) is 29.9 Å². The van der Waals surface area contributed by atoms with Gasteiger partial charge in [-0.05, 0) is 67.5 Å². The minimum absolute atomic E-state index is 0.0302. The van der Waals surface area contributed by atoms with Gasteiger partial charge in [-0.3, -0.25) is 14.4 Å². The Morgan fingerprint density at radius 1 is 1.17 bits per heavy atom. The monoisotopic (exact) mass is 591 g/mol. The molecule has 2 heterocycles. The number of amides is 3. The quantitative estimate of drug-likeness (QED) is 0.382. The number of carbonyl (C=O) groups is 3. The normalized spacial score (nSPS) is 24.9. The highest BCUT2D eigenvalue weighted by Gasteiger charge is 2.65. The van der Waals surface area contributed by atoms with Crippen LogP contribution in [-0.2, 0) is 27.3 Å². The molecule has 2 aromatic carbocycles. The Balaban J connectivity index is 1.34. The van der Waals surface area contributed by atoms with Crippen LogP contribution in [0.5, 0.6) is 5.75 Å². The largest absolute Gasteiger partial charge is 0.508 e. The highest BCUT2D eigenvalue weighted by Crippen LogP contribution is 2.51. The lowest BCUT2D eigenvalue weighted by Crippen LogP contribution is -2.73. The van der Waals surface area contributed by atoms with Crippen LogP contribution >= 0.6 is 11.8 Å². The summed E-state index contributed by atoms with van der Waals surface area (Å²) in [6.45, 7) is 5.90. The van der Waals surface area contributed by atoms with Crippen LogP contribution in [0.2, 0.25) is 0 Å². The van der Waals surface area contributed by atoms with Gasteiger partial charge in [0.25, 0.3) is 5.91 Å². The zero-order valence-corrected chi connectivity index (χ0v) is 25.1. The van der Waals surface area contributed by atoms with Crippen molar-refractivity contribution in [2.24, 2.45) is 5.92 Å². The first-order valence-electron chi connectivity index (χ1n) is 14.1. The molecule has 2 aromatic rings. The number of aliphatic hydroxyl groups excluding tert-OH is 2. The van der Waals surface area contributed by atoms with E-state index in [0.717, 1.165) is 11.1 Å². The third-order valence-electron chi connectivity index (χ3n) is 8.44. The van der Waals surface area contributed by atoms with Crippen molar-refractivity contribution in [2.75, 3.05) is 13.0 Å². The molecule has 2 saturated heterocycles. The maximum absolute atomic E-state index is 13.8. The number of nitrogens with zero attached hydrogens (tertiary/aromatic N) is 2. The van der Waals surface area contributed by atoms with Crippen LogP contribution in [0.25, 0.3) is 0 Å². The molecule has 5 rings (SSSR count). The molecule has 3 N–H and O–H groups in total. The van der Waals surface area contributed by atoms with E-state index in [9.17, 15) is 24.6 Å². The number of aliphatic hydroxyl groups is 2. The first kappa shape index (κ1) is 29.7. The molecule has 0 bridgehead atoms. The third-order valence-corrected chi connectivity index (χ3v) is 9.87. The van der Waals surface area contributed by atoms with E-state index in [0.29, 0.717) is 29.9 Å². The summed E-state index contributed by atoms with van der Waals surface area (Å²) in [5.41, 5.74) is 2.66. The van der Waals surface area contributed by atoms with Crippen LogP contribution in [0.4, 0.5) is 0 Å². The summed E-state index contributed by atoms with van der Waals surface area (Å²) in [5, 5.41) is 24.6. The van der Waals surface area contributed by atoms with Crippen LogP contribution < -0.4 is 10.1 Å². The van der Waals surface area contributed by atoms with Gasteiger partial charge in [0.05, 0.1) is 19.0 Å². The van der Waals surface area contributed by atoms with Gasteiger partial charge in [0.2, 0.25) is 11.8 Å². The second kappa shape index (κ2) is 11.9. The fraction of sp³-hybridized carbons (Fsp3) is 0.406. The smallest absolute Gasteiger partial charge is 0.255 e. The molecule has 5 atom stereocenters. The summed E-state index contributed by atoms with van der Waals surface area (Å²) in [4.78, 5) is 43.1. The maximum Gasteiger partial charge on any atom is 0.255 e. The molecule has 3 aliphatic rings. The molecule has 222 valence electrons. The molecule has 0 aromatic heterocycles. The van der Waals surface area contributed by atoms with E-state index in [1.165, 1.54) is 16.7 Å². The van der Waals surface area contributed by atoms with E-state index in [1.807, 2.05) is 68.4 Å². The predicted molar refractivity (Wildman–Crippen MR) is 160 cm³/mol. The number of β-lactam (4-membered cyclic amide) rings is 1. The number of fused-ring (bicyclic) bond motifs is 1. The molecule has 3 amide bonds. The van der Waals surface area contributed by atoms with E-state index in [4.69, 9.17) is 4.74 Å². The lowest BCUT2D eigenvalue weighted by atomic mass is 9.89. The number of ether oxygens (including phenoxy) is 1. The van der Waals surface area contributed by atoms with Crippen molar-refractivity contribution in [1.29, 1.82) is 0 Å². The number of thioether (sulfide) groups is 1. The van der Waals surface area contributed by atoms with Gasteiger partial charge in [-0.25, -0.2) is 0 Å². The van der Waals surface area contributed by atoms with Gasteiger partial charge in [-0.1, -0.05) is 49.4 Å². The van der Waals surface area contributed by atoms with Gasteiger partial charge >= 0.3 is 0 Å². The number of hydrogen-bond acceptors (Lipinski definition) is 7. The summed E-state index contributed by atoms with van der Waals surface area (Å²) in [6.07, 6.45) is 0.775. The Bertz CT molecular complexity index is 1440. The Morgan fingerprint density at radius 2 is 1.88 bits per heavy atom. The first-order chi connectivity index (χ1) is 20.0. The van der Waals surface area contributed by atoms with E-state index in [2.05, 4.69) is 5.32 Å². The number of carbonyl (C=O) groups excluding carboxylic acids is 3. The zero-order chi connectivity index (χ0) is 30.2. The molecule has 0 saturated carbocycles. The summed E-state index contributed by atoms with van der Waals surface area (Å²) in [6, 6.07) is 15.2. The van der Waals surface area contributed by atoms with Crippen molar-refractivity contribution in [1.82, 2.24) is 15.1 Å². The maximum atomic E-state index is 13.8. The van der Waals surface area contributed by atoms with Gasteiger partial charge in [0, 0.05) is 12.1 Å². The fourth-order valence-corrected chi connectivity index (χ4v) is 7.34. The number of allylic oxidation sites excluding steroid dienone is 2. The number of benzene rings is 2. The molecular formula is C32H37N3O6S. The van der Waals surface area contributed by atoms with Crippen molar-refractivity contribution in [3.63, 3.8) is 0 Å². The molecule has 0 spiro atoms. The van der Waals surface area contributed by atoms with Gasteiger partial charge < -0.3 is 30.1 Å². The van der Waals surface area contributed by atoms with Crippen LogP contribution in [0.3, 0.4) is 0 Å². The van der Waals surface area contributed by atoms with Crippen LogP contribution in [0.15, 0.2) is 77.6 Å². The van der Waals surface area contributed by atoms with Crippen molar-refractivity contribution >= 4 is 29.5 Å². The molecule has 2 aliphatic heterocycles. The Kier molecular flexibility index (Phi) is 8.39. The summed E-state index contributed by atoms with van der Waals surface area (Å²) in [7, 11) is 1.59. The molecular weight excluding hydrogens is 554 g/mol. The topological polar surface area (TPSA) is 119 Å². The third kappa shape index (κ3) is 5.53. The SMILES string of the molecule is COc1cccc(CN2C(=O)[C@H]3N(C(=O)[C@@H](O)[C@H](Cc4ccccc4)NC(=O)C4=C(C)C(O)=CC(C)C4)CSC32C)c1. The number of nitrogens with one attached hydrogen (secondary N) is 1. The number of rotatable bonds is 9. The van der Waals surface area contributed by atoms with Crippen molar-refractivity contribution in [3.8, 4) is 5.75 Å². The Morgan fingerprint density at radius 3 is 2.60 bits per heavy atom. The minimum Gasteiger partial charge on any atom is -0.508 e. The van der Waals surface area contributed by atoms with Crippen LogP contribution in [-0.4, -0.2) is 73.8 Å². The molecule has 9 nitrogen and oxygen atoms in total. The zero-order valence-electron chi connectivity index (χ0n) is 24.2. The molecule has 42 heavy (non-hydrogen) atoms.